The minimum atomic E-state index is 0.664. The number of aliphatic imine (C=N–C) groups is 2. The number of nitrogens with zero attached hydrogens (tertiary/aromatic N) is 2. The standard InChI is InChI=1S/C19H24ClN3S/c20-16-7-5-6-15(12-16)13-21-19-10-3-4-11-24-14-22-17-8-1-2-9-18(17)23-19/h5-7,9,12H,1-4,8,10-11,13-14H2,(H,21,23). The predicted molar refractivity (Wildman–Crippen MR) is 106 cm³/mol. The molecule has 1 aliphatic heterocycles. The monoisotopic (exact) mass is 361 g/mol. The first-order valence-corrected chi connectivity index (χ1v) is 10.2. The zero-order valence-electron chi connectivity index (χ0n) is 13.9. The Morgan fingerprint density at radius 2 is 2.17 bits per heavy atom. The number of halogens is 1. The van der Waals surface area contributed by atoms with Gasteiger partial charge >= 0.3 is 0 Å². The van der Waals surface area contributed by atoms with Crippen molar-refractivity contribution in [1.29, 1.82) is 0 Å². The van der Waals surface area contributed by atoms with Crippen LogP contribution in [0.25, 0.3) is 0 Å². The SMILES string of the molecule is Clc1cccc(CN=C2CCCCSCN=C3CCCC=C3N2)c1. The van der Waals surface area contributed by atoms with Gasteiger partial charge in [-0.2, -0.15) is 0 Å². The van der Waals surface area contributed by atoms with Crippen LogP contribution in [0.4, 0.5) is 0 Å². The number of benzene rings is 1. The number of nitrogens with one attached hydrogen (secondary N) is 1. The molecule has 128 valence electrons. The average Bonchev–Trinajstić information content (AvgIpc) is 2.64. The lowest BCUT2D eigenvalue weighted by molar-refractivity contribution is 0.812. The number of fused-ring (bicyclic) bond motifs is 1. The lowest BCUT2D eigenvalue weighted by atomic mass is 10.0. The van der Waals surface area contributed by atoms with Crippen LogP contribution in [0.2, 0.25) is 5.02 Å². The van der Waals surface area contributed by atoms with E-state index in [1.807, 2.05) is 30.0 Å². The minimum absolute atomic E-state index is 0.664. The fraction of sp³-hybridized carbons (Fsp3) is 0.474. The van der Waals surface area contributed by atoms with Crippen molar-refractivity contribution in [1.82, 2.24) is 5.32 Å². The molecule has 2 aliphatic rings. The van der Waals surface area contributed by atoms with Crippen LogP contribution in [0.15, 0.2) is 46.0 Å². The Hall–Kier alpha value is -1.26. The van der Waals surface area contributed by atoms with Crippen LogP contribution in [0.3, 0.4) is 0 Å². The molecule has 5 heteroatoms. The van der Waals surface area contributed by atoms with Gasteiger partial charge in [0.15, 0.2) is 0 Å². The molecule has 24 heavy (non-hydrogen) atoms. The van der Waals surface area contributed by atoms with Crippen LogP contribution < -0.4 is 5.32 Å². The van der Waals surface area contributed by atoms with E-state index in [0.29, 0.717) is 6.54 Å². The third kappa shape index (κ3) is 5.38. The Labute approximate surface area is 153 Å². The quantitative estimate of drug-likeness (QED) is 0.784. The fourth-order valence-electron chi connectivity index (χ4n) is 2.90. The molecule has 0 amide bonds. The Balaban J connectivity index is 1.76. The van der Waals surface area contributed by atoms with E-state index in [4.69, 9.17) is 21.6 Å². The first-order chi connectivity index (χ1) is 11.8. The third-order valence-corrected chi connectivity index (χ3v) is 5.32. The molecule has 0 radical (unpaired) electrons. The van der Waals surface area contributed by atoms with Crippen molar-refractivity contribution >= 4 is 34.9 Å². The Morgan fingerprint density at radius 1 is 1.21 bits per heavy atom. The molecule has 1 aromatic rings. The Kier molecular flexibility index (Phi) is 6.79. The molecular weight excluding hydrogens is 338 g/mol. The number of hydrogen-bond donors (Lipinski definition) is 1. The summed E-state index contributed by atoms with van der Waals surface area (Å²) < 4.78 is 0. The molecule has 3 rings (SSSR count). The van der Waals surface area contributed by atoms with E-state index in [0.717, 1.165) is 48.0 Å². The molecule has 1 aliphatic carbocycles. The normalized spacial score (nSPS) is 21.1. The van der Waals surface area contributed by atoms with Crippen molar-refractivity contribution < 1.29 is 0 Å². The summed E-state index contributed by atoms with van der Waals surface area (Å²) in [6.45, 7) is 0.664. The highest BCUT2D eigenvalue weighted by Gasteiger charge is 2.14. The minimum Gasteiger partial charge on any atom is -0.343 e. The average molecular weight is 362 g/mol. The largest absolute Gasteiger partial charge is 0.343 e. The lowest BCUT2D eigenvalue weighted by Gasteiger charge is -2.19. The van der Waals surface area contributed by atoms with E-state index in [-0.39, 0.29) is 0 Å². The van der Waals surface area contributed by atoms with Crippen LogP contribution in [0, 0.1) is 0 Å². The second-order valence-corrected chi connectivity index (χ2v) is 7.64. The van der Waals surface area contributed by atoms with Crippen molar-refractivity contribution in [2.75, 3.05) is 11.6 Å². The summed E-state index contributed by atoms with van der Waals surface area (Å²) in [6.07, 6.45) is 9.04. The van der Waals surface area contributed by atoms with E-state index >= 15 is 0 Å². The van der Waals surface area contributed by atoms with Gasteiger partial charge in [-0.15, -0.1) is 11.8 Å². The van der Waals surface area contributed by atoms with Gasteiger partial charge in [-0.1, -0.05) is 29.8 Å². The molecule has 0 saturated carbocycles. The molecule has 0 spiro atoms. The molecule has 0 unspecified atom stereocenters. The number of hydrogen-bond acceptors (Lipinski definition) is 3. The molecule has 3 nitrogen and oxygen atoms in total. The van der Waals surface area contributed by atoms with Gasteiger partial charge in [0.1, 0.15) is 5.84 Å². The first-order valence-electron chi connectivity index (χ1n) is 8.67. The summed E-state index contributed by atoms with van der Waals surface area (Å²) in [5.41, 5.74) is 3.54. The van der Waals surface area contributed by atoms with Gasteiger partial charge in [-0.05, 0) is 55.6 Å². The van der Waals surface area contributed by atoms with Crippen LogP contribution >= 0.6 is 23.4 Å². The van der Waals surface area contributed by atoms with E-state index in [2.05, 4.69) is 17.5 Å². The molecule has 0 aromatic heterocycles. The van der Waals surface area contributed by atoms with Crippen molar-refractivity contribution in [3.8, 4) is 0 Å². The first kappa shape index (κ1) is 17.6. The van der Waals surface area contributed by atoms with Crippen molar-refractivity contribution in [2.45, 2.75) is 45.1 Å². The second-order valence-electron chi connectivity index (χ2n) is 6.13. The highest BCUT2D eigenvalue weighted by atomic mass is 35.5. The van der Waals surface area contributed by atoms with Crippen LogP contribution in [-0.4, -0.2) is 23.2 Å². The molecule has 0 saturated heterocycles. The van der Waals surface area contributed by atoms with Gasteiger partial charge in [0.05, 0.1) is 23.8 Å². The predicted octanol–water partition coefficient (Wildman–Crippen LogP) is 5.21. The molecule has 1 heterocycles. The van der Waals surface area contributed by atoms with E-state index in [1.54, 1.807) is 0 Å². The van der Waals surface area contributed by atoms with Crippen LogP contribution in [0.1, 0.15) is 44.1 Å². The number of amidine groups is 1. The van der Waals surface area contributed by atoms with Crippen LogP contribution in [0.5, 0.6) is 0 Å². The van der Waals surface area contributed by atoms with E-state index in [9.17, 15) is 0 Å². The number of rotatable bonds is 2. The molecular formula is C19H24ClN3S. The third-order valence-electron chi connectivity index (χ3n) is 4.20. The molecule has 1 aromatic carbocycles. The Morgan fingerprint density at radius 3 is 3.08 bits per heavy atom. The highest BCUT2D eigenvalue weighted by Crippen LogP contribution is 2.18. The van der Waals surface area contributed by atoms with E-state index < -0.39 is 0 Å². The molecule has 0 bridgehead atoms. The van der Waals surface area contributed by atoms with Gasteiger partial charge in [-0.25, -0.2) is 0 Å². The molecule has 0 atom stereocenters. The zero-order chi connectivity index (χ0) is 16.6. The lowest BCUT2D eigenvalue weighted by Crippen LogP contribution is -2.29. The topological polar surface area (TPSA) is 36.8 Å². The Bertz CT molecular complexity index is 652. The fourth-order valence-corrected chi connectivity index (χ4v) is 3.90. The summed E-state index contributed by atoms with van der Waals surface area (Å²) >= 11 is 8.00. The molecule has 0 fully saturated rings. The maximum absolute atomic E-state index is 6.07. The smallest absolute Gasteiger partial charge is 0.101 e. The second kappa shape index (κ2) is 9.28. The van der Waals surface area contributed by atoms with Gasteiger partial charge in [-0.3, -0.25) is 9.98 Å². The number of thioether (sulfide) groups is 1. The number of allylic oxidation sites excluding steroid dienone is 2. The van der Waals surface area contributed by atoms with Gasteiger partial charge in [0.25, 0.3) is 0 Å². The van der Waals surface area contributed by atoms with Gasteiger partial charge in [0.2, 0.25) is 0 Å². The van der Waals surface area contributed by atoms with Crippen molar-refractivity contribution in [3.63, 3.8) is 0 Å². The van der Waals surface area contributed by atoms with Gasteiger partial charge < -0.3 is 5.32 Å². The highest BCUT2D eigenvalue weighted by molar-refractivity contribution is 7.99. The summed E-state index contributed by atoms with van der Waals surface area (Å²) in [6, 6.07) is 7.94. The van der Waals surface area contributed by atoms with Gasteiger partial charge in [0, 0.05) is 11.4 Å². The maximum atomic E-state index is 6.07. The summed E-state index contributed by atoms with van der Waals surface area (Å²) in [7, 11) is 0. The van der Waals surface area contributed by atoms with Crippen molar-refractivity contribution in [3.05, 3.63) is 46.6 Å². The summed E-state index contributed by atoms with van der Waals surface area (Å²) in [4.78, 5) is 9.62. The summed E-state index contributed by atoms with van der Waals surface area (Å²) in [5, 5.41) is 4.34. The summed E-state index contributed by atoms with van der Waals surface area (Å²) in [5.74, 6) is 3.13. The van der Waals surface area contributed by atoms with Crippen molar-refractivity contribution in [2.24, 2.45) is 9.98 Å². The van der Waals surface area contributed by atoms with E-state index in [1.165, 1.54) is 30.0 Å². The molecule has 1 N–H and O–H groups in total. The zero-order valence-corrected chi connectivity index (χ0v) is 15.5. The maximum Gasteiger partial charge on any atom is 0.101 e. The van der Waals surface area contributed by atoms with Crippen LogP contribution in [-0.2, 0) is 6.54 Å².